The molecule has 0 rings (SSSR count). The Morgan fingerprint density at radius 1 is 0.895 bits per heavy atom. The number of esters is 2. The number of carbonyl (C=O) groups excluding carboxylic acids is 2. The number of ether oxygens (including phenoxy) is 1. The predicted molar refractivity (Wildman–Crippen MR) is 77.8 cm³/mol. The minimum Gasteiger partial charge on any atom is -0.393 e. The zero-order valence-electron chi connectivity index (χ0n) is 12.5. The van der Waals surface area contributed by atoms with Crippen LogP contribution in [0, 0.1) is 0 Å². The summed E-state index contributed by atoms with van der Waals surface area (Å²) in [6, 6.07) is 0. The Bertz CT molecular complexity index is 269. The second-order valence-electron chi connectivity index (χ2n) is 4.86. The lowest BCUT2D eigenvalue weighted by Gasteiger charge is -2.01. The van der Waals surface area contributed by atoms with Gasteiger partial charge in [-0.15, -0.1) is 0 Å². The van der Waals surface area contributed by atoms with Gasteiger partial charge in [0.25, 0.3) is 0 Å². The number of carbonyl (C=O) groups is 2. The molecule has 0 saturated heterocycles. The van der Waals surface area contributed by atoms with Crippen molar-refractivity contribution in [1.82, 2.24) is 0 Å². The van der Waals surface area contributed by atoms with Gasteiger partial charge in [0.1, 0.15) is 0 Å². The molecule has 0 saturated carbocycles. The van der Waals surface area contributed by atoms with Crippen LogP contribution in [0.15, 0.2) is 12.2 Å². The quantitative estimate of drug-likeness (QED) is 0.239. The maximum atomic E-state index is 11.1. The van der Waals surface area contributed by atoms with E-state index in [4.69, 9.17) is 0 Å². The van der Waals surface area contributed by atoms with Gasteiger partial charge in [0.2, 0.25) is 0 Å². The van der Waals surface area contributed by atoms with Crippen LogP contribution in [0.3, 0.4) is 0 Å². The van der Waals surface area contributed by atoms with Crippen LogP contribution in [0.25, 0.3) is 0 Å². The van der Waals surface area contributed by atoms with Crippen LogP contribution in [0.2, 0.25) is 0 Å². The topological polar surface area (TPSA) is 43.4 Å². The third kappa shape index (κ3) is 14.8. The molecule has 0 unspecified atom stereocenters. The molecule has 0 aromatic heterocycles. The first-order valence-electron chi connectivity index (χ1n) is 7.53. The van der Waals surface area contributed by atoms with Crippen molar-refractivity contribution in [3.05, 3.63) is 12.2 Å². The van der Waals surface area contributed by atoms with Crippen molar-refractivity contribution in [3.8, 4) is 0 Å². The Balaban J connectivity index is 3.16. The molecule has 0 N–H and O–H groups in total. The average molecular weight is 268 g/mol. The van der Waals surface area contributed by atoms with E-state index in [2.05, 4.69) is 23.8 Å². The standard InChI is InChI=1S/C16H28O3/c1-3-4-5-6-7-8-9-10-11-12-13-14-16(18)19-15(2)17/h4-5H,3,6-14H2,1-2H3/b5-4+. The van der Waals surface area contributed by atoms with Crippen molar-refractivity contribution in [2.24, 2.45) is 0 Å². The summed E-state index contributed by atoms with van der Waals surface area (Å²) in [4.78, 5) is 21.6. The lowest BCUT2D eigenvalue weighted by Crippen LogP contribution is -2.08. The normalized spacial score (nSPS) is 10.8. The highest BCUT2D eigenvalue weighted by atomic mass is 16.6. The summed E-state index contributed by atoms with van der Waals surface area (Å²) in [7, 11) is 0. The predicted octanol–water partition coefficient (Wildman–Crippen LogP) is 4.55. The van der Waals surface area contributed by atoms with E-state index in [0.717, 1.165) is 25.7 Å². The summed E-state index contributed by atoms with van der Waals surface area (Å²) in [5.74, 6) is -0.905. The van der Waals surface area contributed by atoms with Gasteiger partial charge in [-0.25, -0.2) is 0 Å². The van der Waals surface area contributed by atoms with Gasteiger partial charge in [-0.3, -0.25) is 9.59 Å². The maximum Gasteiger partial charge on any atom is 0.313 e. The molecule has 0 aliphatic heterocycles. The van der Waals surface area contributed by atoms with Gasteiger partial charge in [-0.05, 0) is 25.7 Å². The number of rotatable bonds is 11. The fourth-order valence-corrected chi connectivity index (χ4v) is 1.91. The minimum atomic E-state index is -0.512. The molecule has 0 radical (unpaired) electrons. The minimum absolute atomic E-state index is 0.362. The summed E-state index contributed by atoms with van der Waals surface area (Å²) in [5, 5.41) is 0. The summed E-state index contributed by atoms with van der Waals surface area (Å²) >= 11 is 0. The Kier molecular flexibility index (Phi) is 12.5. The molecule has 3 nitrogen and oxygen atoms in total. The van der Waals surface area contributed by atoms with Crippen LogP contribution in [-0.4, -0.2) is 11.9 Å². The van der Waals surface area contributed by atoms with Crippen LogP contribution < -0.4 is 0 Å². The second-order valence-corrected chi connectivity index (χ2v) is 4.86. The van der Waals surface area contributed by atoms with E-state index >= 15 is 0 Å². The van der Waals surface area contributed by atoms with E-state index in [-0.39, 0.29) is 0 Å². The van der Waals surface area contributed by atoms with Gasteiger partial charge in [0.05, 0.1) is 0 Å². The summed E-state index contributed by atoms with van der Waals surface area (Å²) < 4.78 is 4.46. The monoisotopic (exact) mass is 268 g/mol. The Morgan fingerprint density at radius 2 is 1.47 bits per heavy atom. The zero-order chi connectivity index (χ0) is 14.3. The molecule has 0 aromatic rings. The average Bonchev–Trinajstić information content (AvgIpc) is 2.35. The van der Waals surface area contributed by atoms with Crippen LogP contribution in [0.4, 0.5) is 0 Å². The molecule has 110 valence electrons. The Hall–Kier alpha value is -1.12. The molecule has 0 aliphatic rings. The van der Waals surface area contributed by atoms with Crippen LogP contribution in [0.1, 0.15) is 78.1 Å². The third-order valence-electron chi connectivity index (χ3n) is 2.91. The van der Waals surface area contributed by atoms with E-state index < -0.39 is 11.9 Å². The highest BCUT2D eigenvalue weighted by Crippen LogP contribution is 2.10. The zero-order valence-corrected chi connectivity index (χ0v) is 12.5. The van der Waals surface area contributed by atoms with E-state index in [1.807, 2.05) is 0 Å². The van der Waals surface area contributed by atoms with Crippen LogP contribution in [0.5, 0.6) is 0 Å². The van der Waals surface area contributed by atoms with Crippen molar-refractivity contribution < 1.29 is 14.3 Å². The summed E-state index contributed by atoms with van der Waals surface area (Å²) in [5.41, 5.74) is 0. The number of hydrogen-bond donors (Lipinski definition) is 0. The lowest BCUT2D eigenvalue weighted by molar-refractivity contribution is -0.158. The third-order valence-corrected chi connectivity index (χ3v) is 2.91. The molecule has 0 spiro atoms. The molecule has 0 fully saturated rings. The van der Waals surface area contributed by atoms with E-state index in [1.54, 1.807) is 0 Å². The smallest absolute Gasteiger partial charge is 0.313 e. The largest absolute Gasteiger partial charge is 0.393 e. The van der Waals surface area contributed by atoms with Gasteiger partial charge in [0, 0.05) is 13.3 Å². The van der Waals surface area contributed by atoms with Crippen molar-refractivity contribution in [2.75, 3.05) is 0 Å². The SMILES string of the molecule is CC/C=C/CCCCCCCCCC(=O)OC(C)=O. The lowest BCUT2D eigenvalue weighted by atomic mass is 10.1. The van der Waals surface area contributed by atoms with Gasteiger partial charge < -0.3 is 4.74 Å². The van der Waals surface area contributed by atoms with Crippen molar-refractivity contribution in [3.63, 3.8) is 0 Å². The molecule has 3 heteroatoms. The highest BCUT2D eigenvalue weighted by Gasteiger charge is 2.04. The maximum absolute atomic E-state index is 11.1. The van der Waals surface area contributed by atoms with Crippen LogP contribution in [-0.2, 0) is 14.3 Å². The Labute approximate surface area is 117 Å². The molecule has 0 aliphatic carbocycles. The van der Waals surface area contributed by atoms with Gasteiger partial charge in [0.15, 0.2) is 0 Å². The summed E-state index contributed by atoms with van der Waals surface area (Å²) in [6.07, 6.45) is 15.3. The molecule has 19 heavy (non-hydrogen) atoms. The summed E-state index contributed by atoms with van der Waals surface area (Å²) in [6.45, 7) is 3.41. The van der Waals surface area contributed by atoms with Gasteiger partial charge in [-0.2, -0.15) is 0 Å². The van der Waals surface area contributed by atoms with Crippen LogP contribution >= 0.6 is 0 Å². The first kappa shape index (κ1) is 17.9. The van der Waals surface area contributed by atoms with Gasteiger partial charge >= 0.3 is 11.9 Å². The molecule has 0 heterocycles. The van der Waals surface area contributed by atoms with Crippen molar-refractivity contribution >= 4 is 11.9 Å². The Morgan fingerprint density at radius 3 is 2.05 bits per heavy atom. The molecule has 0 bridgehead atoms. The first-order chi connectivity index (χ1) is 9.16. The first-order valence-corrected chi connectivity index (χ1v) is 7.53. The van der Waals surface area contributed by atoms with Gasteiger partial charge in [-0.1, -0.05) is 51.2 Å². The number of allylic oxidation sites excluding steroid dienone is 2. The molecule has 0 aromatic carbocycles. The second kappa shape index (κ2) is 13.3. The molecule has 0 atom stereocenters. The molecular formula is C16H28O3. The van der Waals surface area contributed by atoms with E-state index in [0.29, 0.717) is 6.42 Å². The van der Waals surface area contributed by atoms with E-state index in [1.165, 1.54) is 39.0 Å². The number of hydrogen-bond acceptors (Lipinski definition) is 3. The van der Waals surface area contributed by atoms with Crippen molar-refractivity contribution in [2.45, 2.75) is 78.1 Å². The fourth-order valence-electron chi connectivity index (χ4n) is 1.91. The number of unbranched alkanes of at least 4 members (excludes halogenated alkanes) is 7. The highest BCUT2D eigenvalue weighted by molar-refractivity contribution is 5.83. The molecule has 0 amide bonds. The fraction of sp³-hybridized carbons (Fsp3) is 0.750. The van der Waals surface area contributed by atoms with Crippen molar-refractivity contribution in [1.29, 1.82) is 0 Å². The van der Waals surface area contributed by atoms with E-state index in [9.17, 15) is 9.59 Å². The molecular weight excluding hydrogens is 240 g/mol.